The first-order valence-electron chi connectivity index (χ1n) is 7.14. The molecule has 1 aromatic carbocycles. The van der Waals surface area contributed by atoms with Gasteiger partial charge in [-0.2, -0.15) is 0 Å². The van der Waals surface area contributed by atoms with E-state index < -0.39 is 0 Å². The Hall–Kier alpha value is -0.820. The standard InChI is InChI=1S/C17H24O/c1-16(2)5-6-17(3,4)15-10-12-8-13(18)7-11(12)9-14(15)16/h9-10,13,18H,5-8H2,1-4H3. The number of hydrogen-bond donors (Lipinski definition) is 1. The van der Waals surface area contributed by atoms with Crippen molar-refractivity contribution in [2.24, 2.45) is 0 Å². The summed E-state index contributed by atoms with van der Waals surface area (Å²) in [5.74, 6) is 0. The van der Waals surface area contributed by atoms with Crippen molar-refractivity contribution >= 4 is 0 Å². The second-order valence-electron chi connectivity index (χ2n) is 7.50. The van der Waals surface area contributed by atoms with Gasteiger partial charge in [0.2, 0.25) is 0 Å². The molecule has 1 heteroatoms. The number of aliphatic hydroxyl groups excluding tert-OH is 1. The van der Waals surface area contributed by atoms with E-state index in [9.17, 15) is 5.11 Å². The van der Waals surface area contributed by atoms with Crippen LogP contribution < -0.4 is 0 Å². The SMILES string of the molecule is CC1(C)CCC(C)(C)c2cc3c(cc21)CC(O)C3. The highest BCUT2D eigenvalue weighted by molar-refractivity contribution is 5.49. The van der Waals surface area contributed by atoms with Gasteiger partial charge in [0.25, 0.3) is 0 Å². The number of rotatable bonds is 0. The van der Waals surface area contributed by atoms with Crippen molar-refractivity contribution in [1.82, 2.24) is 0 Å². The highest BCUT2D eigenvalue weighted by Gasteiger charge is 2.38. The van der Waals surface area contributed by atoms with Crippen LogP contribution in [0.4, 0.5) is 0 Å². The van der Waals surface area contributed by atoms with Crippen LogP contribution in [-0.4, -0.2) is 11.2 Å². The van der Waals surface area contributed by atoms with Crippen LogP contribution in [0.1, 0.15) is 62.8 Å². The van der Waals surface area contributed by atoms with Gasteiger partial charge >= 0.3 is 0 Å². The molecule has 1 aromatic rings. The molecule has 1 N–H and O–H groups in total. The maximum absolute atomic E-state index is 9.85. The molecule has 0 saturated heterocycles. The first kappa shape index (κ1) is 12.2. The molecule has 0 radical (unpaired) electrons. The Morgan fingerprint density at radius 3 is 1.67 bits per heavy atom. The lowest BCUT2D eigenvalue weighted by atomic mass is 9.62. The van der Waals surface area contributed by atoms with Gasteiger partial charge in [-0.3, -0.25) is 0 Å². The lowest BCUT2D eigenvalue weighted by Gasteiger charge is -2.42. The van der Waals surface area contributed by atoms with Crippen LogP contribution in [-0.2, 0) is 23.7 Å². The summed E-state index contributed by atoms with van der Waals surface area (Å²) in [5, 5.41) is 9.85. The first-order chi connectivity index (χ1) is 8.29. The topological polar surface area (TPSA) is 20.2 Å². The monoisotopic (exact) mass is 244 g/mol. The third-order valence-corrected chi connectivity index (χ3v) is 5.08. The number of benzene rings is 1. The van der Waals surface area contributed by atoms with Crippen LogP contribution in [0.5, 0.6) is 0 Å². The molecule has 1 nitrogen and oxygen atoms in total. The second-order valence-corrected chi connectivity index (χ2v) is 7.50. The van der Waals surface area contributed by atoms with Crippen LogP contribution in [0.2, 0.25) is 0 Å². The fourth-order valence-electron chi connectivity index (χ4n) is 3.66. The summed E-state index contributed by atoms with van der Waals surface area (Å²) >= 11 is 0. The molecule has 0 aliphatic heterocycles. The van der Waals surface area contributed by atoms with Gasteiger partial charge in [-0.05, 0) is 58.8 Å². The fourth-order valence-corrected chi connectivity index (χ4v) is 3.66. The second kappa shape index (κ2) is 3.60. The van der Waals surface area contributed by atoms with E-state index >= 15 is 0 Å². The van der Waals surface area contributed by atoms with Crippen LogP contribution in [0.3, 0.4) is 0 Å². The van der Waals surface area contributed by atoms with Gasteiger partial charge < -0.3 is 5.11 Å². The molecule has 0 saturated carbocycles. The number of hydrogen-bond acceptors (Lipinski definition) is 1. The Morgan fingerprint density at radius 1 is 0.889 bits per heavy atom. The first-order valence-corrected chi connectivity index (χ1v) is 7.14. The van der Waals surface area contributed by atoms with Gasteiger partial charge in [-0.25, -0.2) is 0 Å². The summed E-state index contributed by atoms with van der Waals surface area (Å²) < 4.78 is 0. The van der Waals surface area contributed by atoms with Crippen molar-refractivity contribution < 1.29 is 5.11 Å². The van der Waals surface area contributed by atoms with Crippen molar-refractivity contribution in [3.05, 3.63) is 34.4 Å². The molecule has 0 fully saturated rings. The van der Waals surface area contributed by atoms with Crippen LogP contribution in [0.25, 0.3) is 0 Å². The Morgan fingerprint density at radius 2 is 1.28 bits per heavy atom. The van der Waals surface area contributed by atoms with Gasteiger partial charge in [-0.1, -0.05) is 39.8 Å². The zero-order chi connectivity index (χ0) is 13.1. The lowest BCUT2D eigenvalue weighted by molar-refractivity contribution is 0.187. The molecule has 0 bridgehead atoms. The average Bonchev–Trinajstić information content (AvgIpc) is 2.62. The zero-order valence-electron chi connectivity index (χ0n) is 12.0. The van der Waals surface area contributed by atoms with Gasteiger partial charge in [0.1, 0.15) is 0 Å². The zero-order valence-corrected chi connectivity index (χ0v) is 12.0. The van der Waals surface area contributed by atoms with E-state index in [0.717, 1.165) is 12.8 Å². The van der Waals surface area contributed by atoms with E-state index in [2.05, 4.69) is 39.8 Å². The van der Waals surface area contributed by atoms with E-state index in [-0.39, 0.29) is 16.9 Å². The van der Waals surface area contributed by atoms with Crippen molar-refractivity contribution in [2.45, 2.75) is 70.3 Å². The summed E-state index contributed by atoms with van der Waals surface area (Å²) in [6.45, 7) is 9.44. The molecule has 2 aliphatic carbocycles. The molecular formula is C17H24O. The molecule has 0 heterocycles. The molecule has 0 spiro atoms. The average molecular weight is 244 g/mol. The molecule has 3 rings (SSSR count). The minimum absolute atomic E-state index is 0.157. The number of aliphatic hydroxyl groups is 1. The quantitative estimate of drug-likeness (QED) is 0.740. The third-order valence-electron chi connectivity index (χ3n) is 5.08. The van der Waals surface area contributed by atoms with Gasteiger partial charge in [0, 0.05) is 0 Å². The molecule has 0 unspecified atom stereocenters. The molecule has 0 amide bonds. The summed E-state index contributed by atoms with van der Waals surface area (Å²) in [6.07, 6.45) is 4.05. The predicted octanol–water partition coefficient (Wildman–Crippen LogP) is 3.50. The largest absolute Gasteiger partial charge is 0.392 e. The molecule has 2 aliphatic rings. The molecule has 98 valence electrons. The Bertz CT molecular complexity index is 452. The smallest absolute Gasteiger partial charge is 0.0621 e. The van der Waals surface area contributed by atoms with Crippen LogP contribution in [0, 0.1) is 0 Å². The van der Waals surface area contributed by atoms with E-state index in [4.69, 9.17) is 0 Å². The van der Waals surface area contributed by atoms with E-state index in [1.807, 2.05) is 0 Å². The van der Waals surface area contributed by atoms with Crippen molar-refractivity contribution in [3.8, 4) is 0 Å². The van der Waals surface area contributed by atoms with Crippen molar-refractivity contribution in [3.63, 3.8) is 0 Å². The maximum atomic E-state index is 9.85. The minimum Gasteiger partial charge on any atom is -0.392 e. The van der Waals surface area contributed by atoms with Gasteiger partial charge in [0.15, 0.2) is 0 Å². The van der Waals surface area contributed by atoms with E-state index in [1.165, 1.54) is 35.1 Å². The minimum atomic E-state index is -0.157. The summed E-state index contributed by atoms with van der Waals surface area (Å²) in [7, 11) is 0. The third kappa shape index (κ3) is 1.72. The molecule has 0 aromatic heterocycles. The molecule has 0 atom stereocenters. The number of fused-ring (bicyclic) bond motifs is 2. The Labute approximate surface area is 110 Å². The highest BCUT2D eigenvalue weighted by Crippen LogP contribution is 2.47. The fraction of sp³-hybridized carbons (Fsp3) is 0.647. The Balaban J connectivity index is 2.20. The maximum Gasteiger partial charge on any atom is 0.0621 e. The molecular weight excluding hydrogens is 220 g/mol. The summed E-state index contributed by atoms with van der Waals surface area (Å²) in [5.41, 5.74) is 6.37. The summed E-state index contributed by atoms with van der Waals surface area (Å²) in [6, 6.07) is 4.78. The van der Waals surface area contributed by atoms with E-state index in [0.29, 0.717) is 0 Å². The van der Waals surface area contributed by atoms with Gasteiger partial charge in [0.05, 0.1) is 6.10 Å². The predicted molar refractivity (Wildman–Crippen MR) is 75.1 cm³/mol. The van der Waals surface area contributed by atoms with Crippen molar-refractivity contribution in [2.75, 3.05) is 0 Å². The van der Waals surface area contributed by atoms with Gasteiger partial charge in [-0.15, -0.1) is 0 Å². The van der Waals surface area contributed by atoms with Crippen LogP contribution >= 0.6 is 0 Å². The molecule has 18 heavy (non-hydrogen) atoms. The lowest BCUT2D eigenvalue weighted by Crippen LogP contribution is -2.34. The highest BCUT2D eigenvalue weighted by atomic mass is 16.3. The van der Waals surface area contributed by atoms with Crippen molar-refractivity contribution in [1.29, 1.82) is 0 Å². The van der Waals surface area contributed by atoms with E-state index in [1.54, 1.807) is 0 Å². The normalized spacial score (nSPS) is 24.7. The summed E-state index contributed by atoms with van der Waals surface area (Å²) in [4.78, 5) is 0. The van der Waals surface area contributed by atoms with Crippen LogP contribution in [0.15, 0.2) is 12.1 Å². The Kier molecular flexibility index (Phi) is 2.45.